The van der Waals surface area contributed by atoms with Crippen molar-refractivity contribution in [2.45, 2.75) is 43.0 Å². The van der Waals surface area contributed by atoms with Gasteiger partial charge in [0.2, 0.25) is 19.5 Å². The van der Waals surface area contributed by atoms with Crippen LogP contribution >= 0.6 is 11.8 Å². The van der Waals surface area contributed by atoms with Crippen molar-refractivity contribution in [2.24, 2.45) is 5.11 Å². The lowest BCUT2D eigenvalue weighted by molar-refractivity contribution is -0.144. The molecule has 236 valence electrons. The van der Waals surface area contributed by atoms with Crippen LogP contribution in [0, 0.1) is 0 Å². The van der Waals surface area contributed by atoms with Crippen molar-refractivity contribution in [3.8, 4) is 11.1 Å². The molecule has 0 N–H and O–H groups in total. The van der Waals surface area contributed by atoms with Crippen LogP contribution < -0.4 is 0 Å². The van der Waals surface area contributed by atoms with Crippen LogP contribution in [-0.4, -0.2) is 87.0 Å². The molecule has 11 nitrogen and oxygen atoms in total. The van der Waals surface area contributed by atoms with Gasteiger partial charge in [0.1, 0.15) is 6.61 Å². The molecule has 0 bridgehead atoms. The minimum absolute atomic E-state index is 0.102. The molecular weight excluding hydrogens is 627 g/mol. The number of hydrogen-bond donors (Lipinski definition) is 0. The van der Waals surface area contributed by atoms with E-state index in [0.29, 0.717) is 83.9 Å². The summed E-state index contributed by atoms with van der Waals surface area (Å²) >= 11 is 1.57. The van der Waals surface area contributed by atoms with E-state index in [1.807, 2.05) is 12.1 Å². The van der Waals surface area contributed by atoms with E-state index in [1.165, 1.54) is 22.3 Å². The lowest BCUT2D eigenvalue weighted by Crippen LogP contribution is -2.12. The van der Waals surface area contributed by atoms with E-state index < -0.39 is 0 Å². The summed E-state index contributed by atoms with van der Waals surface area (Å²) in [5, 5.41) is 4.90. The van der Waals surface area contributed by atoms with Gasteiger partial charge in [-0.1, -0.05) is 71.8 Å². The number of carbonyl (C=O) groups is 1. The Bertz CT molecular complexity index is 1320. The largest absolute Gasteiger partial charge is 0.465 e. The van der Waals surface area contributed by atoms with Crippen molar-refractivity contribution in [1.29, 1.82) is 0 Å². The number of rotatable bonds is 23. The zero-order valence-electron chi connectivity index (χ0n) is 25.1. The van der Waals surface area contributed by atoms with Gasteiger partial charge in [-0.3, -0.25) is 4.79 Å². The van der Waals surface area contributed by atoms with E-state index in [9.17, 15) is 4.79 Å². The Morgan fingerprint density at radius 2 is 1.56 bits per heavy atom. The molecule has 4 rings (SSSR count). The fourth-order valence-electron chi connectivity index (χ4n) is 4.65. The Morgan fingerprint density at radius 3 is 2.27 bits per heavy atom. The van der Waals surface area contributed by atoms with Crippen molar-refractivity contribution in [2.75, 3.05) is 51.6 Å². The molecule has 4 radical (unpaired) electrons. The van der Waals surface area contributed by atoms with E-state index in [2.05, 4.69) is 56.4 Å². The van der Waals surface area contributed by atoms with Crippen molar-refractivity contribution < 1.29 is 27.9 Å². The van der Waals surface area contributed by atoms with Crippen LogP contribution in [0.3, 0.4) is 0 Å². The highest BCUT2D eigenvalue weighted by Crippen LogP contribution is 2.44. The van der Waals surface area contributed by atoms with Crippen molar-refractivity contribution in [3.05, 3.63) is 88.1 Å². The first-order valence-corrected chi connectivity index (χ1v) is 18.1. The number of esters is 1. The van der Waals surface area contributed by atoms with Gasteiger partial charge in [-0.15, -0.1) is 0 Å². The summed E-state index contributed by atoms with van der Waals surface area (Å²) < 4.78 is 27.8. The molecule has 2 aromatic carbocycles. The molecule has 0 unspecified atom stereocenters. The number of thioether (sulfide) groups is 1. The van der Waals surface area contributed by atoms with Crippen LogP contribution in [0.5, 0.6) is 0 Å². The van der Waals surface area contributed by atoms with Crippen LogP contribution in [0.4, 0.5) is 0 Å². The topological polar surface area (TPSA) is 138 Å². The van der Waals surface area contributed by atoms with Crippen molar-refractivity contribution in [1.82, 2.24) is 9.97 Å². The maximum atomic E-state index is 12.4. The monoisotopic (exact) mass is 663 g/mol. The van der Waals surface area contributed by atoms with Gasteiger partial charge in [-0.2, -0.15) is 0 Å². The average molecular weight is 664 g/mol. The molecule has 0 aliphatic heterocycles. The van der Waals surface area contributed by atoms with Gasteiger partial charge in [0.05, 0.1) is 39.6 Å². The van der Waals surface area contributed by atoms with Gasteiger partial charge in [0.25, 0.3) is 0 Å². The first-order valence-electron chi connectivity index (χ1n) is 14.9. The summed E-state index contributed by atoms with van der Waals surface area (Å²) in [7, 11) is 0.793. The Kier molecular flexibility index (Phi) is 16.1. The highest BCUT2D eigenvalue weighted by molar-refractivity contribution is 8.00. The average Bonchev–Trinajstić information content (AvgIpc) is 3.39. The van der Waals surface area contributed by atoms with Gasteiger partial charge in [-0.25, -0.2) is 9.97 Å². The normalized spacial score (nSPS) is 12.0. The van der Waals surface area contributed by atoms with E-state index in [0.717, 1.165) is 29.8 Å². The number of ether oxygens (including phenoxy) is 4. The van der Waals surface area contributed by atoms with Gasteiger partial charge in [-0.05, 0) is 40.2 Å². The zero-order valence-corrected chi connectivity index (χ0v) is 28.0. The summed E-state index contributed by atoms with van der Waals surface area (Å²) in [5.74, 6) is -0.0330. The van der Waals surface area contributed by atoms with Crippen LogP contribution in [0.15, 0.2) is 71.2 Å². The molecule has 1 aromatic heterocycles. The number of unbranched alkanes of at least 4 members (excludes halogenated alkanes) is 1. The third kappa shape index (κ3) is 12.3. The molecule has 1 aliphatic carbocycles. The molecule has 0 saturated heterocycles. The Balaban J connectivity index is 0.955. The van der Waals surface area contributed by atoms with Crippen molar-refractivity contribution in [3.63, 3.8) is 0 Å². The Hall–Kier alpha value is -3.08. The maximum absolute atomic E-state index is 12.4. The fraction of sp³-hybridized carbons (Fsp3) is 0.452. The lowest BCUT2D eigenvalue weighted by atomic mass is 9.98. The highest BCUT2D eigenvalue weighted by Gasteiger charge is 2.28. The van der Waals surface area contributed by atoms with Gasteiger partial charge in [0, 0.05) is 47.1 Å². The first kappa shape index (κ1) is 34.8. The second-order valence-corrected chi connectivity index (χ2v) is 13.6. The van der Waals surface area contributed by atoms with Gasteiger partial charge in [0.15, 0.2) is 5.16 Å². The van der Waals surface area contributed by atoms with E-state index in [1.54, 1.807) is 24.2 Å². The summed E-state index contributed by atoms with van der Waals surface area (Å²) in [5.41, 5.74) is 14.0. The SMILES string of the molecule is [N-]=[N+]=NCCOCCOCCOCc1cnc(SC[Si]O[Si]CCCCC(=O)OCC2c3ccccc3-c3ccccc32)nc1. The smallest absolute Gasteiger partial charge is 0.305 e. The quantitative estimate of drug-likeness (QED) is 0.0186. The molecule has 0 spiro atoms. The van der Waals surface area contributed by atoms with Crippen LogP contribution in [0.2, 0.25) is 6.04 Å². The number of benzene rings is 2. The van der Waals surface area contributed by atoms with Crippen LogP contribution in [-0.2, 0) is 34.5 Å². The Labute approximate surface area is 273 Å². The first-order chi connectivity index (χ1) is 22.3. The van der Waals surface area contributed by atoms with E-state index >= 15 is 0 Å². The zero-order chi connectivity index (χ0) is 31.4. The van der Waals surface area contributed by atoms with Gasteiger partial charge >= 0.3 is 5.97 Å². The summed E-state index contributed by atoms with van der Waals surface area (Å²) in [6.45, 7) is 3.36. The lowest BCUT2D eigenvalue weighted by Gasteiger charge is -2.14. The number of carbonyl (C=O) groups excluding carboxylic acids is 1. The molecule has 0 saturated carbocycles. The summed E-state index contributed by atoms with van der Waals surface area (Å²) in [6.07, 6.45) is 5.72. The molecular formula is C31H37N5O6SSi2. The third-order valence-electron chi connectivity index (χ3n) is 6.78. The molecule has 45 heavy (non-hydrogen) atoms. The number of fused-ring (bicyclic) bond motifs is 3. The molecule has 3 aromatic rings. The predicted octanol–water partition coefficient (Wildman–Crippen LogP) is 5.59. The second kappa shape index (κ2) is 20.9. The summed E-state index contributed by atoms with van der Waals surface area (Å²) in [6, 6.07) is 17.7. The fourth-order valence-corrected chi connectivity index (χ4v) is 7.64. The van der Waals surface area contributed by atoms with Gasteiger partial charge < -0.3 is 23.1 Å². The number of nitrogens with zero attached hydrogens (tertiary/aromatic N) is 5. The standard InChI is InChI=1S/C31H37N5O6SSi2/c32-36-35-12-13-38-14-15-39-16-17-40-21-24-19-33-31(34-20-24)43-23-45-42-44-18-6-5-11-30(37)41-22-29-27-9-3-1-7-25(27)26-8-2-4-10-28(26)29/h1-4,7-10,19-20,29H,5-6,11-18,21-23H2. The van der Waals surface area contributed by atoms with Crippen LogP contribution in [0.25, 0.3) is 21.6 Å². The van der Waals surface area contributed by atoms with E-state index in [4.69, 9.17) is 28.6 Å². The third-order valence-corrected chi connectivity index (χ3v) is 10.0. The molecule has 1 heterocycles. The Morgan fingerprint density at radius 1 is 0.889 bits per heavy atom. The molecule has 0 atom stereocenters. The van der Waals surface area contributed by atoms with Crippen LogP contribution in [0.1, 0.15) is 41.9 Å². The molecule has 0 fully saturated rings. The predicted molar refractivity (Wildman–Crippen MR) is 174 cm³/mol. The number of azide groups is 1. The maximum Gasteiger partial charge on any atom is 0.305 e. The summed E-state index contributed by atoms with van der Waals surface area (Å²) in [4.78, 5) is 23.8. The number of aromatic nitrogens is 2. The molecule has 14 heteroatoms. The molecule has 0 amide bonds. The number of hydrogen-bond acceptors (Lipinski definition) is 10. The second-order valence-electron chi connectivity index (χ2n) is 9.90. The van der Waals surface area contributed by atoms with E-state index in [-0.39, 0.29) is 11.9 Å². The minimum Gasteiger partial charge on any atom is -0.465 e. The van der Waals surface area contributed by atoms with Crippen molar-refractivity contribution >= 4 is 37.3 Å². The molecule has 1 aliphatic rings. The highest BCUT2D eigenvalue weighted by atomic mass is 32.2. The minimum atomic E-state index is -0.135.